The molecule has 6 heteroatoms. The third kappa shape index (κ3) is 4.44. The summed E-state index contributed by atoms with van der Waals surface area (Å²) in [5.74, 6) is -0.429. The summed E-state index contributed by atoms with van der Waals surface area (Å²) < 4.78 is 0.934. The monoisotopic (exact) mass is 434 g/mol. The molecule has 2 rings (SSSR count). The van der Waals surface area contributed by atoms with Crippen LogP contribution >= 0.6 is 31.9 Å². The van der Waals surface area contributed by atoms with Crippen molar-refractivity contribution in [3.63, 3.8) is 0 Å². The van der Waals surface area contributed by atoms with Gasteiger partial charge in [-0.1, -0.05) is 17.7 Å². The predicted octanol–water partition coefficient (Wildman–Crippen LogP) is 4.77. The number of amides is 1. The molecule has 0 saturated carbocycles. The van der Waals surface area contributed by atoms with Crippen LogP contribution in [0.4, 0.5) is 5.69 Å². The van der Waals surface area contributed by atoms with Crippen molar-refractivity contribution in [3.05, 3.63) is 62.0 Å². The van der Waals surface area contributed by atoms with Crippen molar-refractivity contribution in [2.24, 2.45) is 0 Å². The molecule has 0 aromatic heterocycles. The van der Waals surface area contributed by atoms with Gasteiger partial charge in [-0.2, -0.15) is 5.26 Å². The first-order valence-electron chi connectivity index (χ1n) is 6.58. The summed E-state index contributed by atoms with van der Waals surface area (Å²) in [7, 11) is 0. The first kappa shape index (κ1) is 17.3. The average Bonchev–Trinajstić information content (AvgIpc) is 2.52. The van der Waals surface area contributed by atoms with Gasteiger partial charge in [0.1, 0.15) is 17.4 Å². The molecule has 0 fully saturated rings. The molecule has 0 atom stereocenters. The van der Waals surface area contributed by atoms with Crippen LogP contribution in [0.5, 0.6) is 5.75 Å². The van der Waals surface area contributed by atoms with Crippen LogP contribution in [0.2, 0.25) is 0 Å². The highest BCUT2D eigenvalue weighted by atomic mass is 79.9. The number of hydrogen-bond acceptors (Lipinski definition) is 3. The number of carbonyl (C=O) groups is 1. The number of aromatic hydroxyl groups is 1. The predicted molar refractivity (Wildman–Crippen MR) is 96.9 cm³/mol. The smallest absolute Gasteiger partial charge is 0.266 e. The van der Waals surface area contributed by atoms with Gasteiger partial charge in [0.15, 0.2) is 0 Å². The van der Waals surface area contributed by atoms with E-state index in [1.165, 1.54) is 6.08 Å². The molecule has 2 N–H and O–H groups in total. The quantitative estimate of drug-likeness (QED) is 0.538. The number of anilines is 1. The van der Waals surface area contributed by atoms with E-state index < -0.39 is 5.91 Å². The lowest BCUT2D eigenvalue weighted by molar-refractivity contribution is -0.112. The summed E-state index contributed by atoms with van der Waals surface area (Å²) in [5, 5.41) is 21.6. The number of rotatable bonds is 3. The van der Waals surface area contributed by atoms with Gasteiger partial charge in [0, 0.05) is 5.69 Å². The Morgan fingerprint density at radius 1 is 1.22 bits per heavy atom. The third-order valence-corrected chi connectivity index (χ3v) is 4.23. The minimum Gasteiger partial charge on any atom is -0.506 e. The Morgan fingerprint density at radius 2 is 1.78 bits per heavy atom. The zero-order valence-electron chi connectivity index (χ0n) is 12.1. The molecule has 0 bridgehead atoms. The maximum Gasteiger partial charge on any atom is 0.266 e. The van der Waals surface area contributed by atoms with Crippen LogP contribution in [0.1, 0.15) is 11.1 Å². The van der Waals surface area contributed by atoms with Crippen LogP contribution in [0.3, 0.4) is 0 Å². The number of nitrogens with one attached hydrogen (secondary N) is 1. The van der Waals surface area contributed by atoms with E-state index in [0.717, 1.165) is 5.56 Å². The Morgan fingerprint density at radius 3 is 2.30 bits per heavy atom. The first-order chi connectivity index (χ1) is 10.9. The minimum atomic E-state index is -0.489. The fourth-order valence-electron chi connectivity index (χ4n) is 1.82. The molecule has 2 aromatic rings. The number of halogens is 2. The van der Waals surface area contributed by atoms with Crippen LogP contribution in [0, 0.1) is 18.3 Å². The number of phenolic OH excluding ortho intramolecular Hbond substituents is 1. The molecule has 0 heterocycles. The molecule has 4 nitrogen and oxygen atoms in total. The highest BCUT2D eigenvalue weighted by Crippen LogP contribution is 2.34. The van der Waals surface area contributed by atoms with Crippen molar-refractivity contribution in [1.82, 2.24) is 0 Å². The number of hydrogen-bond donors (Lipinski definition) is 2. The van der Waals surface area contributed by atoms with Gasteiger partial charge in [-0.25, -0.2) is 0 Å². The van der Waals surface area contributed by atoms with E-state index in [9.17, 15) is 15.2 Å². The maximum absolute atomic E-state index is 12.2. The topological polar surface area (TPSA) is 73.1 Å². The van der Waals surface area contributed by atoms with Gasteiger partial charge in [0.2, 0.25) is 0 Å². The largest absolute Gasteiger partial charge is 0.506 e. The lowest BCUT2D eigenvalue weighted by Gasteiger charge is -2.06. The van der Waals surface area contributed by atoms with Gasteiger partial charge in [0.25, 0.3) is 5.91 Å². The maximum atomic E-state index is 12.2. The van der Waals surface area contributed by atoms with Gasteiger partial charge < -0.3 is 10.4 Å². The van der Waals surface area contributed by atoms with E-state index in [4.69, 9.17) is 0 Å². The van der Waals surface area contributed by atoms with Gasteiger partial charge >= 0.3 is 0 Å². The zero-order valence-corrected chi connectivity index (χ0v) is 15.3. The van der Waals surface area contributed by atoms with Crippen molar-refractivity contribution in [3.8, 4) is 11.8 Å². The fraction of sp³-hybridized carbons (Fsp3) is 0.0588. The molecule has 0 spiro atoms. The van der Waals surface area contributed by atoms with E-state index in [2.05, 4.69) is 37.2 Å². The highest BCUT2D eigenvalue weighted by Gasteiger charge is 2.11. The number of nitriles is 1. The van der Waals surface area contributed by atoms with Crippen molar-refractivity contribution in [2.75, 3.05) is 5.32 Å². The first-order valence-corrected chi connectivity index (χ1v) is 8.17. The van der Waals surface area contributed by atoms with Gasteiger partial charge in [0.05, 0.1) is 8.95 Å². The summed E-state index contributed by atoms with van der Waals surface area (Å²) in [6.07, 6.45) is 1.46. The van der Waals surface area contributed by atoms with Gasteiger partial charge in [-0.15, -0.1) is 0 Å². The second kappa shape index (κ2) is 7.44. The number of benzene rings is 2. The van der Waals surface area contributed by atoms with Crippen LogP contribution < -0.4 is 5.32 Å². The molecule has 2 aromatic carbocycles. The zero-order chi connectivity index (χ0) is 17.0. The Labute approximate surface area is 150 Å². The van der Waals surface area contributed by atoms with E-state index >= 15 is 0 Å². The average molecular weight is 436 g/mol. The van der Waals surface area contributed by atoms with Crippen molar-refractivity contribution >= 4 is 49.5 Å². The Kier molecular flexibility index (Phi) is 5.59. The molecule has 0 radical (unpaired) electrons. The highest BCUT2D eigenvalue weighted by molar-refractivity contribution is 9.11. The fourth-order valence-corrected chi connectivity index (χ4v) is 3.04. The Hall–Kier alpha value is -2.10. The molecule has 1 amide bonds. The molecule has 0 saturated heterocycles. The summed E-state index contributed by atoms with van der Waals surface area (Å²) in [6, 6.07) is 12.4. The number of nitrogens with zero attached hydrogens (tertiary/aromatic N) is 1. The number of carbonyl (C=O) groups excluding carboxylic acids is 1. The van der Waals surface area contributed by atoms with Crippen molar-refractivity contribution in [2.45, 2.75) is 6.92 Å². The second-order valence-corrected chi connectivity index (χ2v) is 6.53. The molecule has 0 unspecified atom stereocenters. The van der Waals surface area contributed by atoms with Crippen LogP contribution in [-0.2, 0) is 4.79 Å². The van der Waals surface area contributed by atoms with E-state index in [1.807, 2.05) is 25.1 Å². The lowest BCUT2D eigenvalue weighted by Crippen LogP contribution is -2.13. The summed E-state index contributed by atoms with van der Waals surface area (Å²) in [6.45, 7) is 1.95. The molecule has 116 valence electrons. The molecule has 0 aliphatic heterocycles. The minimum absolute atomic E-state index is 0.0323. The van der Waals surface area contributed by atoms with Gasteiger partial charge in [-0.3, -0.25) is 4.79 Å². The molecule has 0 aliphatic rings. The van der Waals surface area contributed by atoms with E-state index in [-0.39, 0.29) is 11.3 Å². The molecular weight excluding hydrogens is 424 g/mol. The van der Waals surface area contributed by atoms with E-state index in [0.29, 0.717) is 20.2 Å². The van der Waals surface area contributed by atoms with Crippen LogP contribution in [0.15, 0.2) is 50.9 Å². The van der Waals surface area contributed by atoms with Crippen molar-refractivity contribution < 1.29 is 9.90 Å². The summed E-state index contributed by atoms with van der Waals surface area (Å²) in [4.78, 5) is 12.2. The van der Waals surface area contributed by atoms with Crippen molar-refractivity contribution in [1.29, 1.82) is 5.26 Å². The molecular formula is C17H12Br2N2O2. The standard InChI is InChI=1S/C17H12Br2N2O2/c1-10-2-4-13(5-3-10)21-17(23)12(9-20)6-11-7-14(18)16(22)15(19)8-11/h2-8,22H,1H3,(H,21,23)/b12-6+. The normalized spacial score (nSPS) is 11.0. The van der Waals surface area contributed by atoms with Crippen LogP contribution in [0.25, 0.3) is 6.08 Å². The summed E-state index contributed by atoms with van der Waals surface area (Å²) in [5.41, 5.74) is 2.28. The SMILES string of the molecule is Cc1ccc(NC(=O)/C(C#N)=C/c2cc(Br)c(O)c(Br)c2)cc1. The lowest BCUT2D eigenvalue weighted by atomic mass is 10.1. The third-order valence-electron chi connectivity index (χ3n) is 3.02. The van der Waals surface area contributed by atoms with E-state index in [1.54, 1.807) is 24.3 Å². The Bertz CT molecular complexity index is 798. The van der Waals surface area contributed by atoms with Gasteiger partial charge in [-0.05, 0) is 74.7 Å². The van der Waals surface area contributed by atoms with Crippen LogP contribution in [-0.4, -0.2) is 11.0 Å². The molecule has 0 aliphatic carbocycles. The number of phenols is 1. The summed E-state index contributed by atoms with van der Waals surface area (Å²) >= 11 is 6.43. The second-order valence-electron chi connectivity index (χ2n) is 4.82. The number of aryl methyl sites for hydroxylation is 1. The molecule has 23 heavy (non-hydrogen) atoms. The Balaban J connectivity index is 2.26.